The number of hydrogen-bond donors (Lipinski definition) is 1. The first-order valence-corrected chi connectivity index (χ1v) is 11.7. The van der Waals surface area contributed by atoms with Gasteiger partial charge in [0.15, 0.2) is 0 Å². The third-order valence-electron chi connectivity index (χ3n) is 6.43. The topological polar surface area (TPSA) is 66.8 Å². The summed E-state index contributed by atoms with van der Waals surface area (Å²) in [7, 11) is 1.91. The van der Waals surface area contributed by atoms with Gasteiger partial charge in [-0.1, -0.05) is 25.1 Å². The fourth-order valence-electron chi connectivity index (χ4n) is 4.59. The fraction of sp³-hybridized carbons (Fsp3) is 0.250. The molecule has 0 aliphatic rings. The van der Waals surface area contributed by atoms with Gasteiger partial charge in [-0.05, 0) is 78.9 Å². The molecular weight excluding hydrogens is 422 g/mol. The maximum absolute atomic E-state index is 13.6. The zero-order chi connectivity index (χ0) is 23.8. The number of hydrogen-bond acceptors (Lipinski definition) is 3. The number of imidazole rings is 1. The monoisotopic (exact) mass is 451 g/mol. The van der Waals surface area contributed by atoms with E-state index in [0.717, 1.165) is 51.0 Å². The molecule has 0 fully saturated rings. The molecule has 6 nitrogen and oxygen atoms in total. The maximum atomic E-state index is 13.6. The number of carbonyl (C=O) groups is 1. The highest BCUT2D eigenvalue weighted by molar-refractivity contribution is 5.98. The van der Waals surface area contributed by atoms with Gasteiger partial charge in [0.05, 0.1) is 11.0 Å². The van der Waals surface area contributed by atoms with Gasteiger partial charge in [0.25, 0.3) is 5.91 Å². The van der Waals surface area contributed by atoms with Crippen molar-refractivity contribution in [3.05, 3.63) is 83.4 Å². The van der Waals surface area contributed by atoms with E-state index in [-0.39, 0.29) is 5.91 Å². The molecule has 1 amide bonds. The standard InChI is InChI=1S/C28H29N5O/c1-5-13-33(28(34)26-16-22-7-6-12-29-27(22)32(26)4)17-23-14-20(9-8-18(23)2)21-10-11-24-25(15-21)31-19(3)30-24/h6-12,14-16H,5,13,17H2,1-4H3,(H,30,31). The molecule has 5 aromatic rings. The number of nitrogens with zero attached hydrogens (tertiary/aromatic N) is 4. The minimum absolute atomic E-state index is 0.0292. The quantitative estimate of drug-likeness (QED) is 0.356. The molecule has 0 aliphatic heterocycles. The van der Waals surface area contributed by atoms with Crippen LogP contribution in [0.2, 0.25) is 0 Å². The molecule has 5 rings (SSSR count). The van der Waals surface area contributed by atoms with Crippen LogP contribution in [0.25, 0.3) is 33.2 Å². The Morgan fingerprint density at radius 2 is 1.85 bits per heavy atom. The van der Waals surface area contributed by atoms with Crippen molar-refractivity contribution in [2.75, 3.05) is 6.54 Å². The molecule has 0 atom stereocenters. The summed E-state index contributed by atoms with van der Waals surface area (Å²) < 4.78 is 1.89. The summed E-state index contributed by atoms with van der Waals surface area (Å²) in [5.41, 5.74) is 8.08. The van der Waals surface area contributed by atoms with Crippen molar-refractivity contribution in [3.8, 4) is 11.1 Å². The Kier molecular flexibility index (Phi) is 5.65. The number of aromatic amines is 1. The van der Waals surface area contributed by atoms with Crippen LogP contribution < -0.4 is 0 Å². The van der Waals surface area contributed by atoms with Gasteiger partial charge in [0.2, 0.25) is 0 Å². The van der Waals surface area contributed by atoms with E-state index in [9.17, 15) is 4.79 Å². The van der Waals surface area contributed by atoms with Crippen molar-refractivity contribution in [1.82, 2.24) is 24.4 Å². The van der Waals surface area contributed by atoms with Crippen molar-refractivity contribution >= 4 is 28.0 Å². The van der Waals surface area contributed by atoms with E-state index in [1.165, 1.54) is 5.56 Å². The average molecular weight is 452 g/mol. The van der Waals surface area contributed by atoms with Gasteiger partial charge < -0.3 is 14.5 Å². The number of carbonyl (C=O) groups excluding carboxylic acids is 1. The first-order valence-electron chi connectivity index (χ1n) is 11.7. The summed E-state index contributed by atoms with van der Waals surface area (Å²) in [4.78, 5) is 27.8. The largest absolute Gasteiger partial charge is 0.342 e. The van der Waals surface area contributed by atoms with Crippen LogP contribution >= 0.6 is 0 Å². The van der Waals surface area contributed by atoms with Crippen LogP contribution in [0.4, 0.5) is 0 Å². The zero-order valence-electron chi connectivity index (χ0n) is 20.1. The highest BCUT2D eigenvalue weighted by Crippen LogP contribution is 2.27. The summed E-state index contributed by atoms with van der Waals surface area (Å²) in [6.45, 7) is 7.43. The van der Waals surface area contributed by atoms with Gasteiger partial charge >= 0.3 is 0 Å². The SMILES string of the molecule is CCCN(Cc1cc(-c2ccc3nc(C)[nH]c3c2)ccc1C)C(=O)c1cc2cccnc2n1C. The van der Waals surface area contributed by atoms with Crippen LogP contribution in [-0.2, 0) is 13.6 Å². The Bertz CT molecular complexity index is 1510. The lowest BCUT2D eigenvalue weighted by Gasteiger charge is -2.24. The van der Waals surface area contributed by atoms with Crippen LogP contribution in [0.1, 0.15) is 40.8 Å². The summed E-state index contributed by atoms with van der Waals surface area (Å²) >= 11 is 0. The molecule has 3 heterocycles. The lowest BCUT2D eigenvalue weighted by Crippen LogP contribution is -2.32. The number of aromatic nitrogens is 4. The van der Waals surface area contributed by atoms with E-state index < -0.39 is 0 Å². The van der Waals surface area contributed by atoms with Gasteiger partial charge in [-0.15, -0.1) is 0 Å². The summed E-state index contributed by atoms with van der Waals surface area (Å²) in [5, 5.41) is 0.979. The molecule has 0 spiro atoms. The van der Waals surface area contributed by atoms with E-state index in [4.69, 9.17) is 0 Å². The average Bonchev–Trinajstić information content (AvgIpc) is 3.38. The molecule has 3 aromatic heterocycles. The number of amides is 1. The molecule has 0 aliphatic carbocycles. The van der Waals surface area contributed by atoms with E-state index in [2.05, 4.69) is 65.2 Å². The number of fused-ring (bicyclic) bond motifs is 2. The van der Waals surface area contributed by atoms with Crippen molar-refractivity contribution < 1.29 is 4.79 Å². The van der Waals surface area contributed by atoms with Crippen molar-refractivity contribution in [2.24, 2.45) is 7.05 Å². The van der Waals surface area contributed by atoms with Gasteiger partial charge in [0, 0.05) is 31.7 Å². The van der Waals surface area contributed by atoms with Gasteiger partial charge in [0.1, 0.15) is 17.2 Å². The van der Waals surface area contributed by atoms with Crippen LogP contribution in [0.15, 0.2) is 60.8 Å². The Morgan fingerprint density at radius 3 is 2.65 bits per heavy atom. The Morgan fingerprint density at radius 1 is 1.06 bits per heavy atom. The molecule has 2 aromatic carbocycles. The van der Waals surface area contributed by atoms with E-state index in [0.29, 0.717) is 18.8 Å². The third kappa shape index (κ3) is 3.96. The van der Waals surface area contributed by atoms with E-state index in [1.54, 1.807) is 6.20 Å². The van der Waals surface area contributed by atoms with Gasteiger partial charge in [-0.2, -0.15) is 0 Å². The van der Waals surface area contributed by atoms with Crippen LogP contribution in [-0.4, -0.2) is 36.9 Å². The first kappa shape index (κ1) is 21.9. The van der Waals surface area contributed by atoms with Gasteiger partial charge in [-0.25, -0.2) is 9.97 Å². The highest BCUT2D eigenvalue weighted by atomic mass is 16.2. The number of benzene rings is 2. The number of pyridine rings is 1. The predicted molar refractivity (Wildman–Crippen MR) is 137 cm³/mol. The number of H-pyrrole nitrogens is 1. The molecule has 0 unspecified atom stereocenters. The lowest BCUT2D eigenvalue weighted by atomic mass is 9.99. The van der Waals surface area contributed by atoms with Crippen LogP contribution in [0.5, 0.6) is 0 Å². The number of nitrogens with one attached hydrogen (secondary N) is 1. The molecule has 34 heavy (non-hydrogen) atoms. The molecule has 0 saturated carbocycles. The molecule has 172 valence electrons. The molecule has 0 radical (unpaired) electrons. The van der Waals surface area contributed by atoms with Gasteiger partial charge in [-0.3, -0.25) is 4.79 Å². The molecule has 6 heteroatoms. The number of aryl methyl sites for hydroxylation is 3. The Labute approximate surface area is 199 Å². The fourth-order valence-corrected chi connectivity index (χ4v) is 4.59. The second-order valence-electron chi connectivity index (χ2n) is 8.93. The normalized spacial score (nSPS) is 11.4. The third-order valence-corrected chi connectivity index (χ3v) is 6.43. The highest BCUT2D eigenvalue weighted by Gasteiger charge is 2.21. The predicted octanol–water partition coefficient (Wildman–Crippen LogP) is 5.79. The summed E-state index contributed by atoms with van der Waals surface area (Å²) in [6, 6.07) is 18.6. The lowest BCUT2D eigenvalue weighted by molar-refractivity contribution is 0.0733. The maximum Gasteiger partial charge on any atom is 0.270 e. The first-order chi connectivity index (χ1) is 16.4. The summed E-state index contributed by atoms with van der Waals surface area (Å²) in [5.74, 6) is 0.940. The Balaban J connectivity index is 1.47. The molecule has 1 N–H and O–H groups in total. The van der Waals surface area contributed by atoms with Crippen molar-refractivity contribution in [1.29, 1.82) is 0 Å². The second kappa shape index (κ2) is 8.78. The van der Waals surface area contributed by atoms with Crippen LogP contribution in [0.3, 0.4) is 0 Å². The van der Waals surface area contributed by atoms with Crippen molar-refractivity contribution in [3.63, 3.8) is 0 Å². The zero-order valence-corrected chi connectivity index (χ0v) is 20.1. The number of rotatable bonds is 6. The van der Waals surface area contributed by atoms with E-state index in [1.807, 2.05) is 41.6 Å². The van der Waals surface area contributed by atoms with Crippen molar-refractivity contribution in [2.45, 2.75) is 33.7 Å². The summed E-state index contributed by atoms with van der Waals surface area (Å²) in [6.07, 6.45) is 2.65. The van der Waals surface area contributed by atoms with Crippen LogP contribution in [0, 0.1) is 13.8 Å². The smallest absolute Gasteiger partial charge is 0.270 e. The Hall–Kier alpha value is -3.93. The molecule has 0 bridgehead atoms. The minimum Gasteiger partial charge on any atom is -0.342 e. The molecular formula is C28H29N5O. The minimum atomic E-state index is 0.0292. The second-order valence-corrected chi connectivity index (χ2v) is 8.93. The molecule has 0 saturated heterocycles. The van der Waals surface area contributed by atoms with E-state index >= 15 is 0 Å².